The number of nitrogens with zero attached hydrogens (tertiary/aromatic N) is 4. The lowest BCUT2D eigenvalue weighted by Crippen LogP contribution is -2.28. The van der Waals surface area contributed by atoms with Gasteiger partial charge in [0.25, 0.3) is 0 Å². The number of para-hydroxylation sites is 1. The summed E-state index contributed by atoms with van der Waals surface area (Å²) in [6, 6.07) is 13.2. The highest BCUT2D eigenvalue weighted by molar-refractivity contribution is 5.90. The van der Waals surface area contributed by atoms with Crippen molar-refractivity contribution in [1.29, 1.82) is 0 Å². The highest BCUT2D eigenvalue weighted by atomic mass is 19.4. The van der Waals surface area contributed by atoms with Gasteiger partial charge < -0.3 is 15.5 Å². The van der Waals surface area contributed by atoms with Crippen molar-refractivity contribution in [3.05, 3.63) is 65.9 Å². The van der Waals surface area contributed by atoms with Crippen LogP contribution in [-0.4, -0.2) is 47.4 Å². The summed E-state index contributed by atoms with van der Waals surface area (Å²) in [4.78, 5) is 11.5. The second-order valence-electron chi connectivity index (χ2n) is 10.5. The number of anilines is 2. The standard InChI is InChI=1S/C29H34F3N7/c1-39(2)27-24-5-3-4-6-25(24)36-28(37-27)34-16-20-9-7-19(8-10-20)15-33-17-22-18-35-38-26(22)21-11-13-23(14-12-21)29(30,31)32/h3-6,11-14,18-20,33H,7-10,15-17H2,1-2H3,(H,35,38)(H,34,36,37). The Morgan fingerprint density at radius 3 is 2.31 bits per heavy atom. The van der Waals surface area contributed by atoms with Crippen LogP contribution in [0.15, 0.2) is 54.7 Å². The number of aromatic nitrogens is 4. The Morgan fingerprint density at radius 2 is 1.62 bits per heavy atom. The summed E-state index contributed by atoms with van der Waals surface area (Å²) in [5.74, 6) is 2.77. The van der Waals surface area contributed by atoms with E-state index in [1.165, 1.54) is 12.1 Å². The van der Waals surface area contributed by atoms with Gasteiger partial charge in [-0.1, -0.05) is 24.3 Å². The van der Waals surface area contributed by atoms with Gasteiger partial charge >= 0.3 is 6.18 Å². The number of nitrogens with one attached hydrogen (secondary N) is 3. The Morgan fingerprint density at radius 1 is 0.923 bits per heavy atom. The lowest BCUT2D eigenvalue weighted by molar-refractivity contribution is -0.137. The molecule has 0 aliphatic heterocycles. The molecule has 39 heavy (non-hydrogen) atoms. The van der Waals surface area contributed by atoms with Crippen LogP contribution >= 0.6 is 0 Å². The number of rotatable bonds is 9. The first-order valence-electron chi connectivity index (χ1n) is 13.4. The highest BCUT2D eigenvalue weighted by Crippen LogP contribution is 2.32. The van der Waals surface area contributed by atoms with Crippen molar-refractivity contribution >= 4 is 22.7 Å². The van der Waals surface area contributed by atoms with E-state index in [-0.39, 0.29) is 0 Å². The zero-order chi connectivity index (χ0) is 27.4. The normalized spacial score (nSPS) is 17.9. The van der Waals surface area contributed by atoms with Crippen molar-refractivity contribution in [2.24, 2.45) is 11.8 Å². The molecule has 0 spiro atoms. The molecule has 7 nitrogen and oxygen atoms in total. The number of aromatic amines is 1. The fourth-order valence-corrected chi connectivity index (χ4v) is 5.29. The molecule has 206 valence electrons. The maximum absolute atomic E-state index is 12.9. The number of fused-ring (bicyclic) bond motifs is 1. The maximum atomic E-state index is 12.9. The van der Waals surface area contributed by atoms with Crippen molar-refractivity contribution in [1.82, 2.24) is 25.5 Å². The first kappa shape index (κ1) is 26.9. The van der Waals surface area contributed by atoms with Gasteiger partial charge in [0.1, 0.15) is 5.82 Å². The summed E-state index contributed by atoms with van der Waals surface area (Å²) in [6.45, 7) is 2.37. The van der Waals surface area contributed by atoms with Crippen LogP contribution in [0, 0.1) is 11.8 Å². The quantitative estimate of drug-likeness (QED) is 0.239. The first-order valence-corrected chi connectivity index (χ1v) is 13.4. The van der Waals surface area contributed by atoms with Crippen LogP contribution in [0.4, 0.5) is 24.9 Å². The molecule has 1 saturated carbocycles. The van der Waals surface area contributed by atoms with Gasteiger partial charge in [0.05, 0.1) is 23.0 Å². The van der Waals surface area contributed by atoms with Gasteiger partial charge in [-0.25, -0.2) is 4.98 Å². The lowest BCUT2D eigenvalue weighted by Gasteiger charge is -2.29. The summed E-state index contributed by atoms with van der Waals surface area (Å²) in [5.41, 5.74) is 2.67. The van der Waals surface area contributed by atoms with E-state index in [1.54, 1.807) is 6.20 Å². The molecule has 1 aliphatic carbocycles. The maximum Gasteiger partial charge on any atom is 0.416 e. The van der Waals surface area contributed by atoms with Crippen LogP contribution in [0.3, 0.4) is 0 Å². The molecule has 10 heteroatoms. The second-order valence-corrected chi connectivity index (χ2v) is 10.5. The smallest absolute Gasteiger partial charge is 0.362 e. The van der Waals surface area contributed by atoms with Gasteiger partial charge in [0, 0.05) is 38.1 Å². The molecule has 0 radical (unpaired) electrons. The molecule has 0 atom stereocenters. The van der Waals surface area contributed by atoms with Crippen molar-refractivity contribution in [3.8, 4) is 11.3 Å². The Labute approximate surface area is 226 Å². The van der Waals surface area contributed by atoms with Gasteiger partial charge in [0.15, 0.2) is 0 Å². The van der Waals surface area contributed by atoms with E-state index in [2.05, 4.69) is 20.8 Å². The number of benzene rings is 2. The van der Waals surface area contributed by atoms with E-state index in [1.807, 2.05) is 43.3 Å². The van der Waals surface area contributed by atoms with Gasteiger partial charge in [-0.2, -0.15) is 23.3 Å². The van der Waals surface area contributed by atoms with Crippen LogP contribution in [-0.2, 0) is 12.7 Å². The number of hydrogen-bond acceptors (Lipinski definition) is 6. The molecule has 1 aliphatic rings. The van der Waals surface area contributed by atoms with Crippen LogP contribution in [0.5, 0.6) is 0 Å². The van der Waals surface area contributed by atoms with E-state index in [0.717, 1.165) is 78.9 Å². The minimum Gasteiger partial charge on any atom is -0.362 e. The average Bonchev–Trinajstić information content (AvgIpc) is 3.40. The van der Waals surface area contributed by atoms with Gasteiger partial charge in [-0.15, -0.1) is 0 Å². The Hall–Kier alpha value is -3.66. The highest BCUT2D eigenvalue weighted by Gasteiger charge is 2.30. The zero-order valence-electron chi connectivity index (χ0n) is 22.2. The molecule has 0 unspecified atom stereocenters. The summed E-state index contributed by atoms with van der Waals surface area (Å²) in [5, 5.41) is 15.1. The predicted octanol–water partition coefficient (Wildman–Crippen LogP) is 6.11. The molecule has 1 fully saturated rings. The molecule has 0 saturated heterocycles. The van der Waals surface area contributed by atoms with Crippen molar-refractivity contribution in [2.45, 2.75) is 38.4 Å². The Balaban J connectivity index is 1.08. The fourth-order valence-electron chi connectivity index (χ4n) is 5.29. The molecule has 0 amide bonds. The second kappa shape index (κ2) is 11.6. The van der Waals surface area contributed by atoms with Crippen molar-refractivity contribution in [2.75, 3.05) is 37.4 Å². The molecule has 5 rings (SSSR count). The number of hydrogen-bond donors (Lipinski definition) is 3. The van der Waals surface area contributed by atoms with E-state index >= 15 is 0 Å². The SMILES string of the molecule is CN(C)c1nc(NCC2CCC(CNCc3cn[nH]c3-c3ccc(C(F)(F)F)cc3)CC2)nc2ccccc12. The molecule has 4 aromatic rings. The largest absolute Gasteiger partial charge is 0.416 e. The summed E-state index contributed by atoms with van der Waals surface area (Å²) in [6.07, 6.45) is 1.99. The minimum absolute atomic E-state index is 0.583. The average molecular weight is 538 g/mol. The first-order chi connectivity index (χ1) is 18.8. The van der Waals surface area contributed by atoms with Crippen molar-refractivity contribution in [3.63, 3.8) is 0 Å². The van der Waals surface area contributed by atoms with Gasteiger partial charge in [-0.3, -0.25) is 5.10 Å². The van der Waals surface area contributed by atoms with Crippen LogP contribution in [0.25, 0.3) is 22.2 Å². The third kappa shape index (κ3) is 6.50. The van der Waals surface area contributed by atoms with E-state index in [0.29, 0.717) is 29.9 Å². The van der Waals surface area contributed by atoms with E-state index < -0.39 is 11.7 Å². The summed E-state index contributed by atoms with van der Waals surface area (Å²) < 4.78 is 38.6. The topological polar surface area (TPSA) is 81.8 Å². The molecule has 3 N–H and O–H groups in total. The van der Waals surface area contributed by atoms with Crippen molar-refractivity contribution < 1.29 is 13.2 Å². The molecule has 2 heterocycles. The Kier molecular flexibility index (Phi) is 8.02. The molecule has 0 bridgehead atoms. The van der Waals surface area contributed by atoms with E-state index in [9.17, 15) is 13.2 Å². The molecule has 2 aromatic carbocycles. The number of H-pyrrole nitrogens is 1. The Bertz CT molecular complexity index is 1370. The predicted molar refractivity (Wildman–Crippen MR) is 149 cm³/mol. The molecule has 2 aromatic heterocycles. The monoisotopic (exact) mass is 537 g/mol. The zero-order valence-corrected chi connectivity index (χ0v) is 22.2. The van der Waals surface area contributed by atoms with Crippen LogP contribution in [0.2, 0.25) is 0 Å². The van der Waals surface area contributed by atoms with Gasteiger partial charge in [-0.05, 0) is 73.9 Å². The van der Waals surface area contributed by atoms with Gasteiger partial charge in [0.2, 0.25) is 5.95 Å². The third-order valence-electron chi connectivity index (χ3n) is 7.49. The molecular formula is C29H34F3N7. The van der Waals surface area contributed by atoms with Crippen LogP contribution in [0.1, 0.15) is 36.8 Å². The lowest BCUT2D eigenvalue weighted by atomic mass is 9.82. The number of alkyl halides is 3. The van der Waals surface area contributed by atoms with Crippen LogP contribution < -0.4 is 15.5 Å². The molecular weight excluding hydrogens is 503 g/mol. The summed E-state index contributed by atoms with van der Waals surface area (Å²) in [7, 11) is 3.99. The van der Waals surface area contributed by atoms with E-state index in [4.69, 9.17) is 9.97 Å². The minimum atomic E-state index is -4.34. The third-order valence-corrected chi connectivity index (χ3v) is 7.49. The number of halogens is 3. The summed E-state index contributed by atoms with van der Waals surface area (Å²) >= 11 is 0. The fraction of sp³-hybridized carbons (Fsp3) is 0.414.